The van der Waals surface area contributed by atoms with Gasteiger partial charge in [-0.05, 0) is 0 Å². The molecule has 0 unspecified atom stereocenters. The molecule has 0 aliphatic carbocycles. The first-order chi connectivity index (χ1) is 8.74. The molecule has 0 rings (SSSR count). The Balaban J connectivity index is -0.0000000186. The smallest absolute Gasteiger partial charge is 0.106 e. The standard InChI is InChI=1S/3C3H5N.3CH2O.W/c3*1-2-3-4;3*1-2;/h3*2H2,1H3;3*1H2;. The van der Waals surface area contributed by atoms with Crippen LogP contribution in [0.4, 0.5) is 0 Å². The van der Waals surface area contributed by atoms with E-state index in [2.05, 4.69) is 0 Å². The second kappa shape index (κ2) is 214. The maximum absolute atomic E-state index is 8.00. The minimum atomic E-state index is 0. The number of hydrogen-bond donors (Lipinski definition) is 0. The summed E-state index contributed by atoms with van der Waals surface area (Å²) in [6, 6.07) is 5.79. The van der Waals surface area contributed by atoms with E-state index in [0.29, 0.717) is 19.3 Å². The molecule has 19 heavy (non-hydrogen) atoms. The second-order valence-electron chi connectivity index (χ2n) is 1.54. The van der Waals surface area contributed by atoms with Gasteiger partial charge in [-0.2, -0.15) is 15.8 Å². The van der Waals surface area contributed by atoms with E-state index in [4.69, 9.17) is 30.2 Å². The van der Waals surface area contributed by atoms with Crippen molar-refractivity contribution in [2.75, 3.05) is 0 Å². The molecule has 0 atom stereocenters. The van der Waals surface area contributed by atoms with Crippen LogP contribution in [0.15, 0.2) is 0 Å². The molecule has 7 heteroatoms. The van der Waals surface area contributed by atoms with Gasteiger partial charge in [0.2, 0.25) is 0 Å². The topological polar surface area (TPSA) is 123 Å². The summed E-state index contributed by atoms with van der Waals surface area (Å²) in [4.78, 5) is 24.0. The monoisotopic (exact) mass is 439 g/mol. The zero-order chi connectivity index (χ0) is 16.2. The molecule has 0 amide bonds. The summed E-state index contributed by atoms with van der Waals surface area (Å²) in [6.07, 6.45) is 1.88. The summed E-state index contributed by atoms with van der Waals surface area (Å²) in [5.74, 6) is 0. The molecule has 0 aromatic heterocycles. The molecular weight excluding hydrogens is 418 g/mol. The first kappa shape index (κ1) is 43.4. The van der Waals surface area contributed by atoms with Gasteiger partial charge in [-0.3, -0.25) is 0 Å². The van der Waals surface area contributed by atoms with E-state index < -0.39 is 0 Å². The third-order valence-electron chi connectivity index (χ3n) is 0.474. The van der Waals surface area contributed by atoms with Crippen molar-refractivity contribution in [3.63, 3.8) is 0 Å². The van der Waals surface area contributed by atoms with E-state index >= 15 is 0 Å². The van der Waals surface area contributed by atoms with Gasteiger partial charge in [-0.25, -0.2) is 0 Å². The SMILES string of the molecule is C=O.C=O.C=O.CCC#N.CCC#N.CCC#N.[W]. The van der Waals surface area contributed by atoms with Crippen LogP contribution in [0.3, 0.4) is 0 Å². The van der Waals surface area contributed by atoms with Crippen molar-refractivity contribution in [1.82, 2.24) is 0 Å². The van der Waals surface area contributed by atoms with Crippen LogP contribution in [-0.4, -0.2) is 20.4 Å². The summed E-state index contributed by atoms with van der Waals surface area (Å²) >= 11 is 0. The molecule has 0 saturated heterocycles. The zero-order valence-electron chi connectivity index (χ0n) is 11.7. The Morgan fingerprint density at radius 1 is 0.632 bits per heavy atom. The van der Waals surface area contributed by atoms with E-state index in [-0.39, 0.29) is 21.1 Å². The Kier molecular flexibility index (Phi) is 489. The van der Waals surface area contributed by atoms with Crippen LogP contribution in [0.5, 0.6) is 0 Å². The maximum Gasteiger partial charge on any atom is 0.106 e. The van der Waals surface area contributed by atoms with Crippen molar-refractivity contribution in [3.8, 4) is 18.2 Å². The summed E-state index contributed by atoms with van der Waals surface area (Å²) in [5, 5.41) is 22.9. The summed E-state index contributed by atoms with van der Waals surface area (Å²) in [7, 11) is 0. The molecule has 0 aliphatic rings. The van der Waals surface area contributed by atoms with Gasteiger partial charge in [0, 0.05) is 40.3 Å². The van der Waals surface area contributed by atoms with Crippen molar-refractivity contribution in [1.29, 1.82) is 15.8 Å². The molecule has 0 bridgehead atoms. The largest absolute Gasteiger partial charge is 0.307 e. The molecule has 0 fully saturated rings. The Morgan fingerprint density at radius 3 is 0.684 bits per heavy atom. The van der Waals surface area contributed by atoms with Gasteiger partial charge < -0.3 is 14.4 Å². The Bertz CT molecular complexity index is 182. The zero-order valence-corrected chi connectivity index (χ0v) is 14.7. The molecule has 0 aliphatic heterocycles. The summed E-state index contributed by atoms with van der Waals surface area (Å²) in [5.41, 5.74) is 0. The van der Waals surface area contributed by atoms with E-state index in [1.807, 2.05) is 59.3 Å². The van der Waals surface area contributed by atoms with Gasteiger partial charge in [-0.15, -0.1) is 0 Å². The number of carbonyl (C=O) groups is 3. The molecule has 0 aromatic rings. The fraction of sp³-hybridized carbons (Fsp3) is 0.500. The molecule has 6 nitrogen and oxygen atoms in total. The normalized spacial score (nSPS) is 3.79. The van der Waals surface area contributed by atoms with Gasteiger partial charge in [0.05, 0.1) is 18.2 Å². The fourth-order valence-electron chi connectivity index (χ4n) is 0. The Hall–Kier alpha value is -1.83. The third kappa shape index (κ3) is 2380. The van der Waals surface area contributed by atoms with Crippen LogP contribution in [0, 0.1) is 34.0 Å². The average Bonchev–Trinajstić information content (AvgIpc) is 2.53. The number of rotatable bonds is 0. The molecule has 0 saturated carbocycles. The predicted octanol–water partition coefficient (Wildman–Crippen LogP) is 2.20. The first-order valence-corrected chi connectivity index (χ1v) is 4.72. The molecule has 0 radical (unpaired) electrons. The number of nitriles is 3. The van der Waals surface area contributed by atoms with Crippen LogP contribution in [0.2, 0.25) is 0 Å². The number of hydrogen-bond acceptors (Lipinski definition) is 6. The van der Waals surface area contributed by atoms with E-state index in [0.717, 1.165) is 0 Å². The number of nitrogens with zero attached hydrogens (tertiary/aromatic N) is 3. The first-order valence-electron chi connectivity index (χ1n) is 4.72. The van der Waals surface area contributed by atoms with Crippen LogP contribution >= 0.6 is 0 Å². The Morgan fingerprint density at radius 2 is 0.684 bits per heavy atom. The van der Waals surface area contributed by atoms with Gasteiger partial charge in [-0.1, -0.05) is 20.8 Å². The summed E-state index contributed by atoms with van der Waals surface area (Å²) < 4.78 is 0. The quantitative estimate of drug-likeness (QED) is 0.571. The van der Waals surface area contributed by atoms with Crippen molar-refractivity contribution in [2.24, 2.45) is 0 Å². The van der Waals surface area contributed by atoms with E-state index in [9.17, 15) is 0 Å². The molecule has 0 aromatic carbocycles. The summed E-state index contributed by atoms with van der Waals surface area (Å²) in [6.45, 7) is 11.5. The molecule has 0 heterocycles. The van der Waals surface area contributed by atoms with Gasteiger partial charge in [0.1, 0.15) is 20.4 Å². The molecule has 108 valence electrons. The average molecular weight is 439 g/mol. The third-order valence-corrected chi connectivity index (χ3v) is 0.474. The van der Waals surface area contributed by atoms with Crippen LogP contribution in [-0.2, 0) is 35.4 Å². The van der Waals surface area contributed by atoms with Gasteiger partial charge in [0.15, 0.2) is 0 Å². The second-order valence-corrected chi connectivity index (χ2v) is 1.54. The maximum atomic E-state index is 8.00. The van der Waals surface area contributed by atoms with Crippen LogP contribution < -0.4 is 0 Å². The van der Waals surface area contributed by atoms with Crippen LogP contribution in [0.1, 0.15) is 40.0 Å². The van der Waals surface area contributed by atoms with Gasteiger partial charge in [0.25, 0.3) is 0 Å². The molecule has 0 N–H and O–H groups in total. The molecule has 0 spiro atoms. The van der Waals surface area contributed by atoms with Crippen molar-refractivity contribution >= 4 is 20.4 Å². The Labute approximate surface area is 130 Å². The van der Waals surface area contributed by atoms with E-state index in [1.165, 1.54) is 0 Å². The van der Waals surface area contributed by atoms with Crippen LogP contribution in [0.25, 0.3) is 0 Å². The fourth-order valence-corrected chi connectivity index (χ4v) is 0. The van der Waals surface area contributed by atoms with Gasteiger partial charge >= 0.3 is 0 Å². The minimum Gasteiger partial charge on any atom is -0.307 e. The predicted molar refractivity (Wildman–Crippen MR) is 69.1 cm³/mol. The number of carbonyl (C=O) groups excluding carboxylic acids is 3. The van der Waals surface area contributed by atoms with Crippen molar-refractivity contribution in [2.45, 2.75) is 40.0 Å². The van der Waals surface area contributed by atoms with E-state index in [1.54, 1.807) is 0 Å². The minimum absolute atomic E-state index is 0. The molecular formula is C12H21N3O3W. The van der Waals surface area contributed by atoms with Crippen molar-refractivity contribution in [3.05, 3.63) is 0 Å². The van der Waals surface area contributed by atoms with Crippen molar-refractivity contribution < 1.29 is 35.4 Å².